The number of para-hydroxylation sites is 1. The maximum Gasteiger partial charge on any atom is 0.255 e. The topological polar surface area (TPSA) is 75.7 Å². The van der Waals surface area contributed by atoms with Gasteiger partial charge in [0.2, 0.25) is 10.0 Å². The van der Waals surface area contributed by atoms with E-state index in [-0.39, 0.29) is 23.0 Å². The van der Waals surface area contributed by atoms with E-state index in [1.165, 1.54) is 16.4 Å². The summed E-state index contributed by atoms with van der Waals surface area (Å²) in [5.41, 5.74) is 3.28. The highest BCUT2D eigenvalue weighted by atomic mass is 32.2. The molecule has 1 aliphatic rings. The van der Waals surface area contributed by atoms with E-state index >= 15 is 0 Å². The fourth-order valence-electron chi connectivity index (χ4n) is 3.64. The summed E-state index contributed by atoms with van der Waals surface area (Å²) in [6.45, 7) is 8.36. The molecule has 0 saturated carbocycles. The Balaban J connectivity index is 1.79. The number of sulfonamides is 1. The molecule has 0 aromatic heterocycles. The first-order chi connectivity index (χ1) is 13.7. The minimum atomic E-state index is -3.62. The lowest BCUT2D eigenvalue weighted by Gasteiger charge is -2.34. The van der Waals surface area contributed by atoms with Gasteiger partial charge in [-0.05, 0) is 62.6 Å². The monoisotopic (exact) mass is 416 g/mol. The highest BCUT2D eigenvalue weighted by Crippen LogP contribution is 2.24. The van der Waals surface area contributed by atoms with Crippen LogP contribution in [0.15, 0.2) is 47.4 Å². The molecule has 0 spiro atoms. The third-order valence-electron chi connectivity index (χ3n) is 5.12. The van der Waals surface area contributed by atoms with Crippen LogP contribution in [0.3, 0.4) is 0 Å². The number of amides is 1. The first-order valence-corrected chi connectivity index (χ1v) is 11.3. The lowest BCUT2D eigenvalue weighted by molar-refractivity contribution is -0.0440. The average molecular weight is 417 g/mol. The van der Waals surface area contributed by atoms with E-state index in [9.17, 15) is 13.2 Å². The minimum Gasteiger partial charge on any atom is -0.373 e. The molecule has 1 amide bonds. The number of morpholine rings is 1. The number of rotatable bonds is 5. The molecule has 2 aromatic rings. The van der Waals surface area contributed by atoms with Gasteiger partial charge in [-0.3, -0.25) is 4.79 Å². The second-order valence-electron chi connectivity index (χ2n) is 7.52. The van der Waals surface area contributed by atoms with Crippen LogP contribution in [0.5, 0.6) is 0 Å². The Kier molecular flexibility index (Phi) is 6.41. The number of aryl methyl sites for hydroxylation is 2. The number of anilines is 1. The predicted molar refractivity (Wildman–Crippen MR) is 114 cm³/mol. The number of hydrogen-bond acceptors (Lipinski definition) is 4. The minimum absolute atomic E-state index is 0.152. The number of carbonyl (C=O) groups excluding carboxylic acids is 1. The second kappa shape index (κ2) is 8.65. The number of nitrogens with one attached hydrogen (secondary N) is 1. The van der Waals surface area contributed by atoms with Crippen LogP contribution >= 0.6 is 0 Å². The van der Waals surface area contributed by atoms with Gasteiger partial charge in [-0.1, -0.05) is 25.1 Å². The van der Waals surface area contributed by atoms with E-state index in [0.717, 1.165) is 23.2 Å². The van der Waals surface area contributed by atoms with Crippen molar-refractivity contribution >= 4 is 21.6 Å². The van der Waals surface area contributed by atoms with Crippen LogP contribution in [0, 0.1) is 6.92 Å². The van der Waals surface area contributed by atoms with Crippen molar-refractivity contribution in [2.45, 2.75) is 51.2 Å². The van der Waals surface area contributed by atoms with Gasteiger partial charge in [-0.25, -0.2) is 8.42 Å². The summed E-state index contributed by atoms with van der Waals surface area (Å²) in [6.07, 6.45) is 0.506. The Morgan fingerprint density at radius 1 is 1.10 bits per heavy atom. The van der Waals surface area contributed by atoms with E-state index in [4.69, 9.17) is 4.74 Å². The molecular formula is C22H28N2O4S. The van der Waals surface area contributed by atoms with Crippen molar-refractivity contribution in [1.82, 2.24) is 4.31 Å². The highest BCUT2D eigenvalue weighted by Gasteiger charge is 2.32. The lowest BCUT2D eigenvalue weighted by atomic mass is 10.1. The van der Waals surface area contributed by atoms with E-state index in [0.29, 0.717) is 18.7 Å². The van der Waals surface area contributed by atoms with Crippen molar-refractivity contribution in [3.8, 4) is 0 Å². The van der Waals surface area contributed by atoms with Gasteiger partial charge in [0.25, 0.3) is 5.91 Å². The van der Waals surface area contributed by atoms with Crippen LogP contribution < -0.4 is 5.32 Å². The molecule has 6 nitrogen and oxygen atoms in total. The number of ether oxygens (including phenoxy) is 1. The van der Waals surface area contributed by atoms with Gasteiger partial charge in [-0.15, -0.1) is 0 Å². The zero-order valence-corrected chi connectivity index (χ0v) is 18.1. The van der Waals surface area contributed by atoms with Gasteiger partial charge in [0.15, 0.2) is 0 Å². The first-order valence-electron chi connectivity index (χ1n) is 9.88. The van der Waals surface area contributed by atoms with Crippen LogP contribution in [-0.4, -0.2) is 43.9 Å². The average Bonchev–Trinajstić information content (AvgIpc) is 2.68. The van der Waals surface area contributed by atoms with Gasteiger partial charge in [-0.2, -0.15) is 4.31 Å². The molecule has 2 aromatic carbocycles. The van der Waals surface area contributed by atoms with Crippen molar-refractivity contribution in [3.63, 3.8) is 0 Å². The predicted octanol–water partition coefficient (Wildman–Crippen LogP) is 3.61. The molecular weight excluding hydrogens is 388 g/mol. The number of benzene rings is 2. The molecule has 29 heavy (non-hydrogen) atoms. The Morgan fingerprint density at radius 3 is 2.31 bits per heavy atom. The normalized spacial score (nSPS) is 20.4. The number of hydrogen-bond donors (Lipinski definition) is 1. The van der Waals surface area contributed by atoms with Gasteiger partial charge in [0, 0.05) is 24.3 Å². The third kappa shape index (κ3) is 4.69. The lowest BCUT2D eigenvalue weighted by Crippen LogP contribution is -2.48. The molecule has 7 heteroatoms. The smallest absolute Gasteiger partial charge is 0.255 e. The van der Waals surface area contributed by atoms with Crippen LogP contribution in [0.25, 0.3) is 0 Å². The highest BCUT2D eigenvalue weighted by molar-refractivity contribution is 7.89. The van der Waals surface area contributed by atoms with Gasteiger partial charge in [0.05, 0.1) is 17.1 Å². The number of carbonyl (C=O) groups is 1. The molecule has 0 unspecified atom stereocenters. The molecule has 1 aliphatic heterocycles. The summed E-state index contributed by atoms with van der Waals surface area (Å²) in [7, 11) is -3.62. The summed E-state index contributed by atoms with van der Waals surface area (Å²) in [6, 6.07) is 12.0. The molecule has 1 heterocycles. The molecule has 1 fully saturated rings. The van der Waals surface area contributed by atoms with Crippen molar-refractivity contribution in [2.75, 3.05) is 18.4 Å². The van der Waals surface area contributed by atoms with Crippen molar-refractivity contribution in [1.29, 1.82) is 0 Å². The molecule has 3 rings (SSSR count). The van der Waals surface area contributed by atoms with Crippen molar-refractivity contribution < 1.29 is 17.9 Å². The van der Waals surface area contributed by atoms with E-state index in [2.05, 4.69) is 5.32 Å². The SMILES string of the molecule is CCc1cccc(C)c1NC(=O)c1ccc(S(=O)(=O)N2C[C@@H](C)O[C@H](C)C2)cc1. The molecule has 2 atom stereocenters. The maximum absolute atomic E-state index is 12.9. The first kappa shape index (κ1) is 21.5. The number of nitrogens with zero attached hydrogens (tertiary/aromatic N) is 1. The van der Waals surface area contributed by atoms with E-state index in [1.807, 2.05) is 45.9 Å². The molecule has 0 aliphatic carbocycles. The largest absolute Gasteiger partial charge is 0.373 e. The molecule has 1 N–H and O–H groups in total. The van der Waals surface area contributed by atoms with Crippen LogP contribution in [-0.2, 0) is 21.2 Å². The molecule has 1 saturated heterocycles. The Hall–Kier alpha value is -2.22. The van der Waals surface area contributed by atoms with Crippen LogP contribution in [0.2, 0.25) is 0 Å². The Morgan fingerprint density at radius 2 is 1.72 bits per heavy atom. The fourth-order valence-corrected chi connectivity index (χ4v) is 5.23. The zero-order valence-electron chi connectivity index (χ0n) is 17.3. The van der Waals surface area contributed by atoms with Gasteiger partial charge >= 0.3 is 0 Å². The Bertz CT molecular complexity index is 976. The summed E-state index contributed by atoms with van der Waals surface area (Å²) < 4.78 is 33.0. The summed E-state index contributed by atoms with van der Waals surface area (Å²) in [5, 5.41) is 2.96. The summed E-state index contributed by atoms with van der Waals surface area (Å²) >= 11 is 0. The van der Waals surface area contributed by atoms with Crippen LogP contribution in [0.4, 0.5) is 5.69 Å². The summed E-state index contributed by atoms with van der Waals surface area (Å²) in [4.78, 5) is 12.9. The fraction of sp³-hybridized carbons (Fsp3) is 0.409. The standard InChI is InChI=1S/C22H28N2O4S/c1-5-18-8-6-7-15(2)21(18)23-22(25)19-9-11-20(12-10-19)29(26,27)24-13-16(3)28-17(4)14-24/h6-12,16-17H,5,13-14H2,1-4H3,(H,23,25)/t16-,17-/m1/s1. The van der Waals surface area contributed by atoms with Crippen LogP contribution in [0.1, 0.15) is 42.3 Å². The maximum atomic E-state index is 12.9. The summed E-state index contributed by atoms with van der Waals surface area (Å²) in [5.74, 6) is -0.258. The molecule has 156 valence electrons. The Labute approximate surface area is 172 Å². The van der Waals surface area contributed by atoms with E-state index < -0.39 is 10.0 Å². The second-order valence-corrected chi connectivity index (χ2v) is 9.46. The van der Waals surface area contributed by atoms with Crippen molar-refractivity contribution in [3.05, 3.63) is 59.2 Å². The molecule has 0 bridgehead atoms. The van der Waals surface area contributed by atoms with Gasteiger partial charge in [0.1, 0.15) is 0 Å². The van der Waals surface area contributed by atoms with Crippen molar-refractivity contribution in [2.24, 2.45) is 0 Å². The third-order valence-corrected chi connectivity index (χ3v) is 6.96. The quantitative estimate of drug-likeness (QED) is 0.808. The van der Waals surface area contributed by atoms with E-state index in [1.54, 1.807) is 12.1 Å². The molecule has 0 radical (unpaired) electrons. The van der Waals surface area contributed by atoms with Gasteiger partial charge < -0.3 is 10.1 Å². The zero-order chi connectivity index (χ0) is 21.2.